The number of nitriles is 2. The van der Waals surface area contributed by atoms with Crippen molar-refractivity contribution < 1.29 is 0 Å². The van der Waals surface area contributed by atoms with Gasteiger partial charge in [-0.05, 0) is 12.1 Å². The molecular weight excluding hydrogens is 1650 g/mol. The molecule has 0 aliphatic carbocycles. The molecule has 10 heteroatoms. The molecule has 0 amide bonds. The average Bonchev–Trinajstić information content (AvgIpc) is 0.855. The van der Waals surface area contributed by atoms with E-state index in [0.717, 1.165) is 129 Å². The van der Waals surface area contributed by atoms with Crippen LogP contribution >= 0.6 is 0 Å². The Morgan fingerprint density at radius 1 is 0.237 bits per heavy atom. The Hall–Kier alpha value is -12.7. The third-order valence-corrected chi connectivity index (χ3v) is 32.8. The molecule has 0 N–H and O–H groups in total. The van der Waals surface area contributed by atoms with Crippen LogP contribution in [0.15, 0.2) is 364 Å². The zero-order chi connectivity index (χ0) is 75.2. The van der Waals surface area contributed by atoms with E-state index in [2.05, 4.69) is 354 Å². The monoisotopic (exact) mass is 1710 g/mol. The number of hydrogen-bond donors (Lipinski definition) is 0. The van der Waals surface area contributed by atoms with Gasteiger partial charge < -0.3 is 0 Å². The van der Waals surface area contributed by atoms with Gasteiger partial charge in [-0.2, -0.15) is 10.5 Å². The minimum absolute atomic E-state index is 0.0854. The Labute approximate surface area is 682 Å². The summed E-state index contributed by atoms with van der Waals surface area (Å²) in [6, 6.07) is 142. The Kier molecular flexibility index (Phi) is 15.9. The van der Waals surface area contributed by atoms with E-state index in [1.807, 2.05) is 36.4 Å². The van der Waals surface area contributed by atoms with E-state index in [1.54, 1.807) is 0 Å². The Morgan fingerprint density at radius 3 is 0.895 bits per heavy atom. The topological polar surface area (TPSA) is 57.3 Å². The Balaban J connectivity index is 0.890. The van der Waals surface area contributed by atoms with Gasteiger partial charge in [-0.25, -0.2) is 0 Å². The molecule has 21 aromatic rings. The third-order valence-electron chi connectivity index (χ3n) is 23.3. The van der Waals surface area contributed by atoms with Crippen LogP contribution in [0.25, 0.3) is 144 Å². The minimum atomic E-state index is -0.349. The molecule has 4 aromatic heterocycles. The molecule has 0 spiro atoms. The molecule has 0 fully saturated rings. The summed E-state index contributed by atoms with van der Waals surface area (Å²) in [5, 5.41) is 31.9. The van der Waals surface area contributed by atoms with Crippen LogP contribution in [0.2, 0.25) is 0 Å². The molecule has 0 bridgehead atoms. The van der Waals surface area contributed by atoms with E-state index in [9.17, 15) is 10.5 Å². The molecule has 0 unspecified atom stereocenters. The van der Waals surface area contributed by atoms with Gasteiger partial charge in [-0.3, -0.25) is 0 Å². The van der Waals surface area contributed by atoms with Crippen molar-refractivity contribution in [2.24, 2.45) is 0 Å². The van der Waals surface area contributed by atoms with Gasteiger partial charge in [0.2, 0.25) is 0 Å². The van der Waals surface area contributed by atoms with Gasteiger partial charge in [0, 0.05) is 0 Å². The van der Waals surface area contributed by atoms with Gasteiger partial charge in [0.05, 0.1) is 12.1 Å². The van der Waals surface area contributed by atoms with Crippen molar-refractivity contribution in [3.63, 3.8) is 0 Å². The molecule has 114 heavy (non-hydrogen) atoms. The SMILES string of the molecule is N#Cc1cccc(-c2ccc3c(c2)N(c2c(-c4ccc5c(c4)[se]c4ccccc45)cccc2-c2ccc4c(c2)[se]c2ccccc24)c2cc(N(c4ccccc4)c4ccccc4)cc4c2B3c2ccc(-c3cccc(C#N)c3)cc2N4c2c(-c3ccc4c(c3)[se]c3ccccc34)cccc2-c2ccc3c(c2)[se]c2ccccc23)c1. The fourth-order valence-corrected chi connectivity index (χ4v) is 27.8. The molecule has 0 atom stereocenters. The van der Waals surface area contributed by atoms with E-state index in [0.29, 0.717) is 11.1 Å². The van der Waals surface area contributed by atoms with Crippen molar-refractivity contribution in [3.05, 3.63) is 375 Å². The van der Waals surface area contributed by atoms with Crippen LogP contribution in [-0.2, 0) is 0 Å². The van der Waals surface area contributed by atoms with E-state index >= 15 is 0 Å². The van der Waals surface area contributed by atoms with Gasteiger partial charge in [0.1, 0.15) is 0 Å². The predicted molar refractivity (Wildman–Crippen MR) is 485 cm³/mol. The second-order valence-electron chi connectivity index (χ2n) is 29.6. The van der Waals surface area contributed by atoms with Crippen LogP contribution in [-0.4, -0.2) is 64.7 Å². The second-order valence-corrected chi connectivity index (χ2v) is 38.7. The Bertz CT molecular complexity index is 6990. The fraction of sp³-hybridized carbons (Fsp3) is 0. The molecule has 2 aliphatic heterocycles. The summed E-state index contributed by atoms with van der Waals surface area (Å²) in [6.45, 7) is -0.349. The molecular formula is C104H60BN5Se4. The zero-order valence-electron chi connectivity index (χ0n) is 61.1. The van der Waals surface area contributed by atoms with Crippen LogP contribution in [0.4, 0.5) is 51.2 Å². The molecule has 0 radical (unpaired) electrons. The van der Waals surface area contributed by atoms with Crippen LogP contribution in [0.3, 0.4) is 0 Å². The van der Waals surface area contributed by atoms with Crippen molar-refractivity contribution in [1.82, 2.24) is 0 Å². The van der Waals surface area contributed by atoms with Crippen molar-refractivity contribution in [3.8, 4) is 78.9 Å². The summed E-state index contributed by atoms with van der Waals surface area (Å²) in [4.78, 5) is 7.83. The molecule has 17 aromatic carbocycles. The maximum atomic E-state index is 10.7. The maximum absolute atomic E-state index is 10.7. The summed E-state index contributed by atoms with van der Waals surface area (Å²) >= 11 is 0.341. The summed E-state index contributed by atoms with van der Waals surface area (Å²) in [5.41, 5.74) is 27.0. The first-order valence-electron chi connectivity index (χ1n) is 38.3. The van der Waals surface area contributed by atoms with Crippen LogP contribution in [0.5, 0.6) is 0 Å². The number of anilines is 9. The van der Waals surface area contributed by atoms with Gasteiger partial charge in [0.25, 0.3) is 0 Å². The van der Waals surface area contributed by atoms with Gasteiger partial charge in [0.15, 0.2) is 0 Å². The van der Waals surface area contributed by atoms with Gasteiger partial charge >= 0.3 is 618 Å². The van der Waals surface area contributed by atoms with Crippen molar-refractivity contribution in [2.45, 2.75) is 0 Å². The molecule has 0 saturated heterocycles. The molecule has 23 rings (SSSR count). The van der Waals surface area contributed by atoms with E-state index < -0.39 is 0 Å². The van der Waals surface area contributed by atoms with Gasteiger partial charge in [-0.1, -0.05) is 36.4 Å². The second kappa shape index (κ2) is 27.0. The number of nitrogens with zero attached hydrogens (tertiary/aromatic N) is 5. The fourth-order valence-electron chi connectivity index (χ4n) is 18.2. The Morgan fingerprint density at radius 2 is 0.544 bits per heavy atom. The molecule has 528 valence electrons. The van der Waals surface area contributed by atoms with Crippen molar-refractivity contribution >= 4 is 209 Å². The summed E-state index contributed by atoms with van der Waals surface area (Å²) < 4.78 is 11.1. The normalized spacial score (nSPS) is 12.3. The summed E-state index contributed by atoms with van der Waals surface area (Å²) in [7, 11) is 0. The van der Waals surface area contributed by atoms with Crippen molar-refractivity contribution in [1.29, 1.82) is 10.5 Å². The number of hydrogen-bond acceptors (Lipinski definition) is 5. The first-order valence-corrected chi connectivity index (χ1v) is 45.2. The van der Waals surface area contributed by atoms with E-state index in [-0.39, 0.29) is 64.7 Å². The summed E-state index contributed by atoms with van der Waals surface area (Å²) in [6.07, 6.45) is 0. The molecule has 5 nitrogen and oxygen atoms in total. The molecule has 0 saturated carbocycles. The third kappa shape index (κ3) is 10.8. The van der Waals surface area contributed by atoms with Crippen LogP contribution in [0, 0.1) is 22.7 Å². The number of para-hydroxylation sites is 4. The van der Waals surface area contributed by atoms with Crippen LogP contribution < -0.4 is 31.1 Å². The number of rotatable bonds is 11. The van der Waals surface area contributed by atoms with Crippen molar-refractivity contribution in [2.75, 3.05) is 14.7 Å². The van der Waals surface area contributed by atoms with E-state index in [4.69, 9.17) is 0 Å². The first kappa shape index (κ1) is 67.0. The quantitative estimate of drug-likeness (QED) is 0.121. The zero-order valence-corrected chi connectivity index (χ0v) is 67.9. The standard InChI is InChI=1S/C104H60BN5Se4/c106-61-63-19-15-21-65(51-63)67-43-49-88-90(53-67)109(103-76(69-39-45-84-80-27-7-11-35-94(80)111-98(84)55-69)31-17-32-77(103)70-40-46-85-81-28-8-12-36-95(81)112-99(85)56-70)92-59-75(108(73-23-3-1-4-24-73)74-25-5-2-6-26-74)60-93-102(92)105(88)89-50-44-68(66-22-16-20-64(52-66)62-107)54-91(89)110(93)104-78(71-41-47-86-82-29-9-13-37-96(82)113-100(86)57-71)33-18-34-79(104)72-42-48-87-83-30-10-14-38-97(83)114-101(87)58-72/h1-60H. The molecule has 6 heterocycles. The number of fused-ring (bicyclic) bond motifs is 16. The first-order chi connectivity index (χ1) is 56.4. The van der Waals surface area contributed by atoms with Gasteiger partial charge in [-0.15, -0.1) is 0 Å². The van der Waals surface area contributed by atoms with E-state index in [1.165, 1.54) is 82.6 Å². The molecule has 2 aliphatic rings. The van der Waals surface area contributed by atoms with Crippen LogP contribution in [0.1, 0.15) is 11.1 Å². The summed E-state index contributed by atoms with van der Waals surface area (Å²) in [5.74, 6) is 0. The predicted octanol–water partition coefficient (Wildman–Crippen LogP) is 24.4. The number of benzene rings is 17. The average molecular weight is 1710 g/mol.